The average molecular weight is 459 g/mol. The van der Waals surface area contributed by atoms with E-state index in [9.17, 15) is 12.8 Å². The second kappa shape index (κ2) is 8.99. The monoisotopic (exact) mass is 458 g/mol. The maximum atomic E-state index is 13.7. The fourth-order valence-corrected chi connectivity index (χ4v) is 5.56. The highest BCUT2D eigenvalue weighted by atomic mass is 35.5. The van der Waals surface area contributed by atoms with Gasteiger partial charge in [0, 0.05) is 17.9 Å². The third kappa shape index (κ3) is 4.42. The molecule has 158 valence electrons. The van der Waals surface area contributed by atoms with Gasteiger partial charge >= 0.3 is 0 Å². The molecule has 10 heteroatoms. The Labute approximate surface area is 180 Å². The van der Waals surface area contributed by atoms with Crippen LogP contribution in [0.4, 0.5) is 4.39 Å². The lowest BCUT2D eigenvalue weighted by atomic mass is 10.1. The van der Waals surface area contributed by atoms with Gasteiger partial charge in [-0.3, -0.25) is 0 Å². The summed E-state index contributed by atoms with van der Waals surface area (Å²) in [5.74, 6) is -0.602. The molecule has 0 aliphatic rings. The van der Waals surface area contributed by atoms with Gasteiger partial charge in [-0.2, -0.15) is 5.10 Å². The molecule has 0 atom stereocenters. The first-order valence-electron chi connectivity index (χ1n) is 8.75. The van der Waals surface area contributed by atoms with Crippen LogP contribution in [0, 0.1) is 19.7 Å². The Morgan fingerprint density at radius 1 is 1.24 bits per heavy atom. The van der Waals surface area contributed by atoms with Crippen LogP contribution in [0.3, 0.4) is 0 Å². The molecule has 2 heterocycles. The maximum absolute atomic E-state index is 13.7. The summed E-state index contributed by atoms with van der Waals surface area (Å²) in [4.78, 5) is 6.59. The fraction of sp³-hybridized carbons (Fsp3) is 0.368. The Balaban J connectivity index is 0.00000300. The lowest BCUT2D eigenvalue weighted by Gasteiger charge is -2.14. The van der Waals surface area contributed by atoms with E-state index in [4.69, 9.17) is 0 Å². The Hall–Kier alpha value is -1.68. The van der Waals surface area contributed by atoms with Gasteiger partial charge in [0.2, 0.25) is 9.84 Å². The van der Waals surface area contributed by atoms with Gasteiger partial charge in [-0.15, -0.1) is 24.2 Å². The van der Waals surface area contributed by atoms with E-state index in [1.807, 2.05) is 27.9 Å². The van der Waals surface area contributed by atoms with E-state index in [1.54, 1.807) is 10.8 Å². The maximum Gasteiger partial charge on any atom is 0.213 e. The van der Waals surface area contributed by atoms with Crippen LogP contribution in [0.2, 0.25) is 0 Å². The van der Waals surface area contributed by atoms with Gasteiger partial charge in [0.1, 0.15) is 10.8 Å². The summed E-state index contributed by atoms with van der Waals surface area (Å²) in [5, 5.41) is 4.86. The highest BCUT2D eigenvalue weighted by molar-refractivity contribution is 7.99. The Morgan fingerprint density at radius 3 is 2.52 bits per heavy atom. The molecule has 0 spiro atoms. The lowest BCUT2D eigenvalue weighted by molar-refractivity contribution is 0.412. The fourth-order valence-electron chi connectivity index (χ4n) is 3.14. The van der Waals surface area contributed by atoms with Gasteiger partial charge in [-0.05, 0) is 64.4 Å². The summed E-state index contributed by atoms with van der Waals surface area (Å²) < 4.78 is 41.8. The average Bonchev–Trinajstić information content (AvgIpc) is 3.00. The standard InChI is InChI=1S/C19H23FN4O2S2.ClH/c1-12-16(9-10-23(3)4)13(2)24-18(21-12)17(19(22-24)27-5)28(25,26)15-8-6-7-14(20)11-15;/h6-8,11H,9-10H2,1-5H3;1H. The van der Waals surface area contributed by atoms with E-state index in [2.05, 4.69) is 15.0 Å². The number of sulfone groups is 1. The smallest absolute Gasteiger partial charge is 0.213 e. The third-order valence-electron chi connectivity index (χ3n) is 4.63. The molecule has 0 bridgehead atoms. The van der Waals surface area contributed by atoms with Gasteiger partial charge < -0.3 is 4.90 Å². The molecular formula is C19H24ClFN4O2S2. The Morgan fingerprint density at radius 2 is 1.93 bits per heavy atom. The van der Waals surface area contributed by atoms with Crippen molar-refractivity contribution in [2.45, 2.75) is 35.1 Å². The second-order valence-corrected chi connectivity index (χ2v) is 9.53. The summed E-state index contributed by atoms with van der Waals surface area (Å²) >= 11 is 1.23. The van der Waals surface area contributed by atoms with E-state index in [1.165, 1.54) is 30.0 Å². The number of hydrogen-bond acceptors (Lipinski definition) is 6. The minimum Gasteiger partial charge on any atom is -0.309 e. The first-order chi connectivity index (χ1) is 13.2. The van der Waals surface area contributed by atoms with E-state index >= 15 is 0 Å². The zero-order chi connectivity index (χ0) is 20.6. The summed E-state index contributed by atoms with van der Waals surface area (Å²) in [6.07, 6.45) is 2.55. The van der Waals surface area contributed by atoms with Crippen molar-refractivity contribution in [1.29, 1.82) is 0 Å². The van der Waals surface area contributed by atoms with E-state index in [-0.39, 0.29) is 27.8 Å². The van der Waals surface area contributed by atoms with Crippen LogP contribution >= 0.6 is 24.2 Å². The molecular weight excluding hydrogens is 435 g/mol. The topological polar surface area (TPSA) is 67.6 Å². The molecule has 2 aromatic heterocycles. The largest absolute Gasteiger partial charge is 0.309 e. The number of aromatic nitrogens is 3. The number of aryl methyl sites for hydroxylation is 2. The normalized spacial score (nSPS) is 11.8. The molecule has 0 radical (unpaired) electrons. The zero-order valence-corrected chi connectivity index (χ0v) is 19.4. The molecule has 0 aliphatic heterocycles. The molecule has 29 heavy (non-hydrogen) atoms. The van der Waals surface area contributed by atoms with Crippen LogP contribution < -0.4 is 0 Å². The number of nitrogens with zero attached hydrogens (tertiary/aromatic N) is 4. The van der Waals surface area contributed by atoms with Crippen molar-refractivity contribution < 1.29 is 12.8 Å². The summed E-state index contributed by atoms with van der Waals surface area (Å²) in [7, 11) is 0.0256. The molecule has 0 saturated carbocycles. The van der Waals surface area contributed by atoms with Gasteiger partial charge in [-0.25, -0.2) is 22.3 Å². The Kier molecular flexibility index (Phi) is 7.32. The van der Waals surface area contributed by atoms with Crippen LogP contribution in [-0.2, 0) is 16.3 Å². The predicted octanol–water partition coefficient (Wildman–Crippen LogP) is 3.57. The number of benzene rings is 1. The number of likely N-dealkylation sites (N-methyl/N-ethyl adjacent to an activating group) is 1. The minimum absolute atomic E-state index is 0. The van der Waals surface area contributed by atoms with Crippen molar-refractivity contribution >= 4 is 39.7 Å². The second-order valence-electron chi connectivity index (χ2n) is 6.85. The van der Waals surface area contributed by atoms with Crippen LogP contribution in [0.25, 0.3) is 5.65 Å². The number of hydrogen-bond donors (Lipinski definition) is 0. The molecule has 0 unspecified atom stereocenters. The van der Waals surface area contributed by atoms with Crippen molar-refractivity contribution in [3.05, 3.63) is 47.0 Å². The predicted molar refractivity (Wildman–Crippen MR) is 116 cm³/mol. The van der Waals surface area contributed by atoms with Gasteiger partial charge in [0.15, 0.2) is 10.5 Å². The molecule has 3 aromatic rings. The van der Waals surface area contributed by atoms with Crippen molar-refractivity contribution in [3.8, 4) is 0 Å². The number of fused-ring (bicyclic) bond motifs is 1. The van der Waals surface area contributed by atoms with Gasteiger partial charge in [0.25, 0.3) is 0 Å². The molecule has 0 N–H and O–H groups in total. The van der Waals surface area contributed by atoms with Gasteiger partial charge in [0.05, 0.1) is 4.90 Å². The van der Waals surface area contributed by atoms with Crippen molar-refractivity contribution in [2.24, 2.45) is 0 Å². The number of rotatable bonds is 6. The quantitative estimate of drug-likeness (QED) is 0.526. The summed E-state index contributed by atoms with van der Waals surface area (Å²) in [6.45, 7) is 4.64. The minimum atomic E-state index is -3.97. The first-order valence-corrected chi connectivity index (χ1v) is 11.5. The van der Waals surface area contributed by atoms with E-state index in [0.717, 1.165) is 36.0 Å². The summed E-state index contributed by atoms with van der Waals surface area (Å²) in [6, 6.07) is 5.01. The lowest BCUT2D eigenvalue weighted by Crippen LogP contribution is -2.17. The Bertz CT molecular complexity index is 1150. The van der Waals surface area contributed by atoms with E-state index in [0.29, 0.717) is 5.03 Å². The van der Waals surface area contributed by atoms with Crippen LogP contribution in [-0.4, -0.2) is 54.8 Å². The van der Waals surface area contributed by atoms with Crippen molar-refractivity contribution in [1.82, 2.24) is 19.5 Å². The van der Waals surface area contributed by atoms with E-state index < -0.39 is 15.7 Å². The van der Waals surface area contributed by atoms with Crippen LogP contribution in [0.1, 0.15) is 17.0 Å². The number of thioether (sulfide) groups is 1. The SMILES string of the molecule is CSc1nn2c(C)c(CCN(C)C)c(C)nc2c1S(=O)(=O)c1cccc(F)c1.Cl. The molecule has 0 fully saturated rings. The van der Waals surface area contributed by atoms with Crippen LogP contribution in [0.5, 0.6) is 0 Å². The highest BCUT2D eigenvalue weighted by Gasteiger charge is 2.30. The molecule has 0 amide bonds. The van der Waals surface area contributed by atoms with Gasteiger partial charge in [-0.1, -0.05) is 6.07 Å². The van der Waals surface area contributed by atoms with Crippen LogP contribution in [0.15, 0.2) is 39.1 Å². The van der Waals surface area contributed by atoms with Crippen molar-refractivity contribution in [2.75, 3.05) is 26.9 Å². The highest BCUT2D eigenvalue weighted by Crippen LogP contribution is 2.33. The zero-order valence-electron chi connectivity index (χ0n) is 16.9. The molecule has 0 saturated heterocycles. The van der Waals surface area contributed by atoms with Crippen molar-refractivity contribution in [3.63, 3.8) is 0 Å². The third-order valence-corrected chi connectivity index (χ3v) is 7.22. The molecule has 3 rings (SSSR count). The number of halogens is 2. The summed E-state index contributed by atoms with van der Waals surface area (Å²) in [5.41, 5.74) is 2.96. The molecule has 6 nitrogen and oxygen atoms in total. The first kappa shape index (κ1) is 23.6. The molecule has 0 aliphatic carbocycles. The molecule has 1 aromatic carbocycles.